The highest BCUT2D eigenvalue weighted by molar-refractivity contribution is 5.77. The Kier molecular flexibility index (Phi) is 4.16. The van der Waals surface area contributed by atoms with Crippen LogP contribution in [0.2, 0.25) is 0 Å². The summed E-state index contributed by atoms with van der Waals surface area (Å²) in [6.45, 7) is 3.27. The van der Waals surface area contributed by atoms with Gasteiger partial charge in [0.15, 0.2) is 0 Å². The van der Waals surface area contributed by atoms with E-state index in [4.69, 9.17) is 0 Å². The number of rotatable bonds is 3. The van der Waals surface area contributed by atoms with Crippen molar-refractivity contribution in [3.05, 3.63) is 82.7 Å². The number of hydrazine groups is 1. The Bertz CT molecular complexity index is 1020. The predicted molar refractivity (Wildman–Crippen MR) is 105 cm³/mol. The molecule has 3 aliphatic rings. The lowest BCUT2D eigenvalue weighted by Gasteiger charge is -2.40. The number of nitrogens with zero attached hydrogens (tertiary/aromatic N) is 5. The average molecular weight is 376 g/mol. The summed E-state index contributed by atoms with van der Waals surface area (Å²) in [6, 6.07) is 10.5. The van der Waals surface area contributed by atoms with Gasteiger partial charge in [0.25, 0.3) is 0 Å². The zero-order chi connectivity index (χ0) is 19.1. The molecule has 7 heteroatoms. The van der Waals surface area contributed by atoms with Gasteiger partial charge in [0.2, 0.25) is 0 Å². The van der Waals surface area contributed by atoms with Gasteiger partial charge in [0.05, 0.1) is 11.6 Å². The molecule has 6 nitrogen and oxygen atoms in total. The van der Waals surface area contributed by atoms with Crippen LogP contribution in [0.3, 0.4) is 0 Å². The highest BCUT2D eigenvalue weighted by atomic mass is 19.2. The van der Waals surface area contributed by atoms with Crippen molar-refractivity contribution >= 4 is 6.21 Å². The summed E-state index contributed by atoms with van der Waals surface area (Å²) in [5.41, 5.74) is 7.72. The minimum absolute atomic E-state index is 0.0475. The van der Waals surface area contributed by atoms with Crippen molar-refractivity contribution in [2.75, 3.05) is 6.54 Å². The Balaban J connectivity index is 1.74. The van der Waals surface area contributed by atoms with E-state index >= 15 is 0 Å². The summed E-state index contributed by atoms with van der Waals surface area (Å²) in [7, 11) is 0. The fourth-order valence-electron chi connectivity index (χ4n) is 4.52. The summed E-state index contributed by atoms with van der Waals surface area (Å²) in [5.74, 6) is 1.03. The Morgan fingerprint density at radius 3 is 2.93 bits per heavy atom. The fraction of sp³-hybridized carbons (Fsp3) is 0.286. The van der Waals surface area contributed by atoms with Gasteiger partial charge in [-0.05, 0) is 36.1 Å². The molecule has 3 heterocycles. The maximum absolute atomic E-state index is 14.5. The summed E-state index contributed by atoms with van der Waals surface area (Å²) in [5, 5.41) is 5.00. The number of benzene rings is 1. The van der Waals surface area contributed by atoms with Gasteiger partial charge in [-0.1, -0.05) is 34.8 Å². The zero-order valence-electron chi connectivity index (χ0n) is 15.6. The van der Waals surface area contributed by atoms with E-state index in [9.17, 15) is 4.48 Å². The number of halogens is 1. The first-order valence-electron chi connectivity index (χ1n) is 9.56. The third-order valence-electron chi connectivity index (χ3n) is 5.73. The molecule has 1 N–H and O–H groups in total. The van der Waals surface area contributed by atoms with Crippen LogP contribution in [0, 0.1) is 0 Å². The standard InChI is InChI=1S/C21H21FN6/c1-2-27-21(24-13-26-27)20-16(14-6-4-3-5-7-14)10-15-11-25-28(22)18-8-9-23-12-17(20)19(15)18/h3-9,12-13,16,20,25H,2,10-11H2,1H3. The van der Waals surface area contributed by atoms with Crippen molar-refractivity contribution in [3.8, 4) is 0 Å². The largest absolute Gasteiger partial charge is 0.264 e. The molecule has 0 fully saturated rings. The van der Waals surface area contributed by atoms with Crippen molar-refractivity contribution in [2.45, 2.75) is 31.7 Å². The van der Waals surface area contributed by atoms with Crippen LogP contribution in [-0.4, -0.2) is 32.8 Å². The molecule has 0 spiro atoms. The molecule has 1 aromatic heterocycles. The van der Waals surface area contributed by atoms with Crippen molar-refractivity contribution in [3.63, 3.8) is 0 Å². The second-order valence-electron chi connectivity index (χ2n) is 7.16. The first kappa shape index (κ1) is 17.1. The highest BCUT2D eigenvalue weighted by Crippen LogP contribution is 2.52. The van der Waals surface area contributed by atoms with Gasteiger partial charge in [-0.2, -0.15) is 5.10 Å². The SMILES string of the molecule is CCn1ncnc1C1C2=CN=CC=C3C2=C(CNN3F)CC1c1ccccc1. The first-order chi connectivity index (χ1) is 13.8. The van der Waals surface area contributed by atoms with Crippen LogP contribution in [0.15, 0.2) is 76.3 Å². The minimum atomic E-state index is -0.0475. The Labute approximate surface area is 162 Å². The Hall–Kier alpha value is -3.06. The maximum Gasteiger partial charge on any atom is 0.138 e. The molecule has 0 saturated heterocycles. The monoisotopic (exact) mass is 376 g/mol. The third kappa shape index (κ3) is 2.62. The predicted octanol–water partition coefficient (Wildman–Crippen LogP) is 3.42. The summed E-state index contributed by atoms with van der Waals surface area (Å²) in [4.78, 5) is 9.03. The van der Waals surface area contributed by atoms with E-state index in [-0.39, 0.29) is 11.8 Å². The van der Waals surface area contributed by atoms with Gasteiger partial charge in [-0.25, -0.2) is 15.1 Å². The van der Waals surface area contributed by atoms with Gasteiger partial charge < -0.3 is 0 Å². The van der Waals surface area contributed by atoms with Crippen LogP contribution in [0.4, 0.5) is 4.48 Å². The molecular weight excluding hydrogens is 355 g/mol. The maximum atomic E-state index is 14.5. The Morgan fingerprint density at radius 1 is 1.25 bits per heavy atom. The van der Waals surface area contributed by atoms with Crippen LogP contribution < -0.4 is 5.43 Å². The van der Waals surface area contributed by atoms with Gasteiger partial charge in [-0.3, -0.25) is 4.99 Å². The van der Waals surface area contributed by atoms with Gasteiger partial charge >= 0.3 is 0 Å². The first-order valence-corrected chi connectivity index (χ1v) is 9.56. The summed E-state index contributed by atoms with van der Waals surface area (Å²) < 4.78 is 16.5. The number of allylic oxidation sites excluding steroid dienone is 2. The van der Waals surface area contributed by atoms with Crippen molar-refractivity contribution in [1.82, 2.24) is 25.4 Å². The highest BCUT2D eigenvalue weighted by Gasteiger charge is 2.42. The topological polar surface area (TPSA) is 58.3 Å². The molecular formula is C21H21FN6. The van der Waals surface area contributed by atoms with Crippen LogP contribution in [-0.2, 0) is 6.54 Å². The van der Waals surface area contributed by atoms with Crippen molar-refractivity contribution in [1.29, 1.82) is 0 Å². The number of aliphatic imine (C=N–C) groups is 1. The molecule has 2 aliphatic heterocycles. The molecule has 2 aromatic rings. The van der Waals surface area contributed by atoms with Crippen molar-refractivity contribution in [2.24, 2.45) is 4.99 Å². The summed E-state index contributed by atoms with van der Waals surface area (Å²) in [6.07, 6.45) is 7.66. The quantitative estimate of drug-likeness (QED) is 0.834. The van der Waals surface area contributed by atoms with Crippen LogP contribution in [0.5, 0.6) is 0 Å². The van der Waals surface area contributed by atoms with E-state index in [0.29, 0.717) is 17.5 Å². The van der Waals surface area contributed by atoms with Gasteiger partial charge in [0, 0.05) is 37.0 Å². The molecule has 1 aliphatic carbocycles. The molecule has 5 rings (SSSR count). The minimum Gasteiger partial charge on any atom is -0.264 e. The Morgan fingerprint density at radius 2 is 2.11 bits per heavy atom. The van der Waals surface area contributed by atoms with Crippen LogP contribution in [0.1, 0.15) is 36.6 Å². The van der Waals surface area contributed by atoms with E-state index in [0.717, 1.165) is 29.9 Å². The van der Waals surface area contributed by atoms with E-state index < -0.39 is 0 Å². The number of aryl methyl sites for hydroxylation is 1. The fourth-order valence-corrected chi connectivity index (χ4v) is 4.52. The summed E-state index contributed by atoms with van der Waals surface area (Å²) >= 11 is 0. The number of nitrogens with one attached hydrogen (secondary N) is 1. The second kappa shape index (κ2) is 6.83. The van der Waals surface area contributed by atoms with E-state index in [2.05, 4.69) is 51.7 Å². The molecule has 0 radical (unpaired) electrons. The smallest absolute Gasteiger partial charge is 0.138 e. The zero-order valence-corrected chi connectivity index (χ0v) is 15.6. The van der Waals surface area contributed by atoms with E-state index in [1.165, 1.54) is 11.1 Å². The number of aromatic nitrogens is 3. The van der Waals surface area contributed by atoms with E-state index in [1.54, 1.807) is 18.6 Å². The average Bonchev–Trinajstić information content (AvgIpc) is 3.09. The molecule has 0 amide bonds. The van der Waals surface area contributed by atoms with Crippen LogP contribution in [0.25, 0.3) is 0 Å². The lowest BCUT2D eigenvalue weighted by Crippen LogP contribution is -2.41. The molecule has 28 heavy (non-hydrogen) atoms. The lowest BCUT2D eigenvalue weighted by atomic mass is 9.68. The molecule has 2 atom stereocenters. The third-order valence-corrected chi connectivity index (χ3v) is 5.73. The number of hydrogen-bond donors (Lipinski definition) is 1. The van der Waals surface area contributed by atoms with Crippen LogP contribution >= 0.6 is 0 Å². The van der Waals surface area contributed by atoms with Gasteiger partial charge in [0.1, 0.15) is 12.2 Å². The van der Waals surface area contributed by atoms with Gasteiger partial charge in [-0.15, -0.1) is 5.23 Å². The second-order valence-corrected chi connectivity index (χ2v) is 7.16. The van der Waals surface area contributed by atoms with Crippen molar-refractivity contribution < 1.29 is 4.48 Å². The normalized spacial score (nSPS) is 23.9. The molecule has 0 saturated carbocycles. The molecule has 1 aromatic carbocycles. The molecule has 2 unspecified atom stereocenters. The molecule has 0 bridgehead atoms. The van der Waals surface area contributed by atoms with E-state index in [1.807, 2.05) is 16.9 Å². The number of hydrogen-bond acceptors (Lipinski definition) is 5. The molecule has 142 valence electrons. The lowest BCUT2D eigenvalue weighted by molar-refractivity contribution is 0.0103.